The molecule has 1 aliphatic heterocycles. The number of aryl methyl sites for hydroxylation is 1. The van der Waals surface area contributed by atoms with Gasteiger partial charge in [-0.15, -0.1) is 0 Å². The summed E-state index contributed by atoms with van der Waals surface area (Å²) in [6.07, 6.45) is 9.38. The summed E-state index contributed by atoms with van der Waals surface area (Å²) in [4.78, 5) is 20.1. The number of nitrogens with zero attached hydrogens (tertiary/aromatic N) is 6. The van der Waals surface area contributed by atoms with Crippen LogP contribution in [0.3, 0.4) is 0 Å². The maximum atomic E-state index is 11.4. The highest BCUT2D eigenvalue weighted by molar-refractivity contribution is 7.90. The van der Waals surface area contributed by atoms with E-state index >= 15 is 0 Å². The number of rotatable bonds is 6. The second-order valence-electron chi connectivity index (χ2n) is 6.79. The van der Waals surface area contributed by atoms with Crippen LogP contribution in [0, 0.1) is 0 Å². The van der Waals surface area contributed by atoms with Crippen LogP contribution in [0.5, 0.6) is 0 Å². The second kappa shape index (κ2) is 7.80. The predicted molar refractivity (Wildman–Crippen MR) is 105 cm³/mol. The van der Waals surface area contributed by atoms with Crippen molar-refractivity contribution in [2.45, 2.75) is 12.8 Å². The van der Waals surface area contributed by atoms with E-state index in [0.29, 0.717) is 32.0 Å². The van der Waals surface area contributed by atoms with E-state index in [1.807, 2.05) is 16.7 Å². The number of morpholine rings is 1. The molecule has 28 heavy (non-hydrogen) atoms. The van der Waals surface area contributed by atoms with Crippen molar-refractivity contribution < 1.29 is 13.2 Å². The minimum Gasteiger partial charge on any atom is -0.378 e. The molecule has 3 aromatic heterocycles. The molecule has 4 rings (SSSR count). The zero-order chi connectivity index (χ0) is 19.6. The third-order valence-corrected chi connectivity index (χ3v) is 5.66. The minimum atomic E-state index is -2.99. The van der Waals surface area contributed by atoms with Crippen LogP contribution in [0.1, 0.15) is 12.1 Å². The van der Waals surface area contributed by atoms with Crippen molar-refractivity contribution in [3.63, 3.8) is 0 Å². The van der Waals surface area contributed by atoms with Crippen LogP contribution in [0.25, 0.3) is 17.0 Å². The average molecular weight is 402 g/mol. The van der Waals surface area contributed by atoms with Crippen LogP contribution < -0.4 is 4.90 Å². The van der Waals surface area contributed by atoms with Crippen LogP contribution in [-0.4, -0.2) is 71.1 Å². The molecule has 1 saturated heterocycles. The number of ether oxygens (including phenoxy) is 1. The first kappa shape index (κ1) is 18.8. The van der Waals surface area contributed by atoms with Crippen molar-refractivity contribution in [2.75, 3.05) is 43.2 Å². The van der Waals surface area contributed by atoms with Gasteiger partial charge in [-0.2, -0.15) is 0 Å². The normalized spacial score (nSPS) is 15.2. The number of anilines is 1. The lowest BCUT2D eigenvalue weighted by Crippen LogP contribution is -2.37. The summed E-state index contributed by atoms with van der Waals surface area (Å²) in [5.74, 6) is 0.816. The third-order valence-electron chi connectivity index (χ3n) is 4.63. The first-order valence-corrected chi connectivity index (χ1v) is 11.2. The number of imidazole rings is 1. The predicted octanol–water partition coefficient (Wildman–Crippen LogP) is 1.00. The van der Waals surface area contributed by atoms with E-state index in [0.717, 1.165) is 35.8 Å². The Balaban J connectivity index is 1.62. The smallest absolute Gasteiger partial charge is 0.226 e. The lowest BCUT2D eigenvalue weighted by Gasteiger charge is -2.26. The quantitative estimate of drug-likeness (QED) is 0.602. The van der Waals surface area contributed by atoms with Gasteiger partial charge < -0.3 is 9.64 Å². The Labute approximate surface area is 163 Å². The van der Waals surface area contributed by atoms with Crippen LogP contribution in [0.15, 0.2) is 30.9 Å². The Hall–Kier alpha value is -2.59. The summed E-state index contributed by atoms with van der Waals surface area (Å²) in [5, 5.41) is 0. The summed E-state index contributed by atoms with van der Waals surface area (Å²) in [6.45, 7) is 2.88. The Kier molecular flexibility index (Phi) is 5.23. The number of hydrogen-bond acceptors (Lipinski definition) is 8. The van der Waals surface area contributed by atoms with Gasteiger partial charge in [-0.1, -0.05) is 0 Å². The van der Waals surface area contributed by atoms with Gasteiger partial charge in [0.2, 0.25) is 5.95 Å². The fourth-order valence-electron chi connectivity index (χ4n) is 3.25. The summed E-state index contributed by atoms with van der Waals surface area (Å²) < 4.78 is 30.1. The molecule has 0 saturated carbocycles. The fraction of sp³-hybridized carbons (Fsp3) is 0.444. The SMILES string of the molecule is CS(=O)(=O)CCCc1nccn2c(-c3ccnc(N4CCOCC4)n3)cnc12. The zero-order valence-corrected chi connectivity index (χ0v) is 16.5. The van der Waals surface area contributed by atoms with Gasteiger partial charge in [-0.05, 0) is 18.9 Å². The van der Waals surface area contributed by atoms with Crippen LogP contribution in [0.4, 0.5) is 5.95 Å². The van der Waals surface area contributed by atoms with Crippen LogP contribution in [0.2, 0.25) is 0 Å². The highest BCUT2D eigenvalue weighted by Crippen LogP contribution is 2.22. The average Bonchev–Trinajstić information content (AvgIpc) is 3.13. The molecule has 1 aliphatic rings. The van der Waals surface area contributed by atoms with E-state index in [-0.39, 0.29) is 5.75 Å². The number of hydrogen-bond donors (Lipinski definition) is 0. The van der Waals surface area contributed by atoms with Crippen LogP contribution >= 0.6 is 0 Å². The molecule has 0 N–H and O–H groups in total. The van der Waals surface area contributed by atoms with E-state index in [1.165, 1.54) is 6.26 Å². The Morgan fingerprint density at radius 3 is 2.75 bits per heavy atom. The van der Waals surface area contributed by atoms with Gasteiger partial charge in [0, 0.05) is 37.9 Å². The van der Waals surface area contributed by atoms with Gasteiger partial charge in [-0.25, -0.2) is 23.4 Å². The van der Waals surface area contributed by atoms with Gasteiger partial charge in [0.1, 0.15) is 9.84 Å². The summed E-state index contributed by atoms with van der Waals surface area (Å²) in [6, 6.07) is 1.86. The highest BCUT2D eigenvalue weighted by Gasteiger charge is 2.16. The van der Waals surface area contributed by atoms with Crippen molar-refractivity contribution in [3.8, 4) is 11.4 Å². The second-order valence-corrected chi connectivity index (χ2v) is 9.05. The molecule has 0 aromatic carbocycles. The molecule has 0 unspecified atom stereocenters. The van der Waals surface area contributed by atoms with Crippen LogP contribution in [-0.2, 0) is 21.0 Å². The van der Waals surface area contributed by atoms with E-state index in [1.54, 1.807) is 18.6 Å². The standard InChI is InChI=1S/C18H22N6O3S/c1-28(25,26)12-2-3-15-17-21-13-16(24(17)7-6-19-15)14-4-5-20-18(22-14)23-8-10-27-11-9-23/h4-7,13H,2-3,8-12H2,1H3. The van der Waals surface area contributed by atoms with Crippen molar-refractivity contribution in [2.24, 2.45) is 0 Å². The lowest BCUT2D eigenvalue weighted by molar-refractivity contribution is 0.122. The molecule has 148 valence electrons. The number of sulfone groups is 1. The maximum absolute atomic E-state index is 11.4. The highest BCUT2D eigenvalue weighted by atomic mass is 32.2. The van der Waals surface area contributed by atoms with E-state index in [9.17, 15) is 8.42 Å². The van der Waals surface area contributed by atoms with Gasteiger partial charge in [0.25, 0.3) is 0 Å². The van der Waals surface area contributed by atoms with Crippen molar-refractivity contribution in [1.82, 2.24) is 24.3 Å². The van der Waals surface area contributed by atoms with E-state index < -0.39 is 9.84 Å². The van der Waals surface area contributed by atoms with Gasteiger partial charge in [-0.3, -0.25) is 9.38 Å². The van der Waals surface area contributed by atoms with Crippen molar-refractivity contribution >= 4 is 21.4 Å². The van der Waals surface area contributed by atoms with Gasteiger partial charge >= 0.3 is 0 Å². The van der Waals surface area contributed by atoms with E-state index in [4.69, 9.17) is 9.72 Å². The first-order chi connectivity index (χ1) is 13.5. The molecule has 10 heteroatoms. The molecule has 0 atom stereocenters. The molecular formula is C18H22N6O3S. The summed E-state index contributed by atoms with van der Waals surface area (Å²) in [5.41, 5.74) is 3.12. The summed E-state index contributed by atoms with van der Waals surface area (Å²) in [7, 11) is -2.99. The monoisotopic (exact) mass is 402 g/mol. The molecule has 0 amide bonds. The minimum absolute atomic E-state index is 0.137. The molecule has 1 fully saturated rings. The lowest BCUT2D eigenvalue weighted by atomic mass is 10.2. The van der Waals surface area contributed by atoms with E-state index in [2.05, 4.69) is 19.9 Å². The number of fused-ring (bicyclic) bond motifs is 1. The van der Waals surface area contributed by atoms with Gasteiger partial charge in [0.05, 0.1) is 42.2 Å². The Morgan fingerprint density at radius 1 is 1.14 bits per heavy atom. The third kappa shape index (κ3) is 4.12. The topological polar surface area (TPSA) is 103 Å². The maximum Gasteiger partial charge on any atom is 0.226 e. The molecular weight excluding hydrogens is 380 g/mol. The zero-order valence-electron chi connectivity index (χ0n) is 15.7. The molecule has 0 radical (unpaired) electrons. The first-order valence-electron chi connectivity index (χ1n) is 9.16. The molecule has 9 nitrogen and oxygen atoms in total. The van der Waals surface area contributed by atoms with Crippen molar-refractivity contribution in [1.29, 1.82) is 0 Å². The number of aromatic nitrogens is 5. The van der Waals surface area contributed by atoms with Gasteiger partial charge in [0.15, 0.2) is 5.65 Å². The fourth-order valence-corrected chi connectivity index (χ4v) is 3.92. The Bertz CT molecular complexity index is 1080. The van der Waals surface area contributed by atoms with Crippen molar-refractivity contribution in [3.05, 3.63) is 36.5 Å². The molecule has 0 aliphatic carbocycles. The molecule has 3 aromatic rings. The largest absolute Gasteiger partial charge is 0.378 e. The summed E-state index contributed by atoms with van der Waals surface area (Å²) >= 11 is 0. The molecule has 4 heterocycles. The molecule has 0 spiro atoms. The Morgan fingerprint density at radius 2 is 1.96 bits per heavy atom. The molecule has 0 bridgehead atoms.